The normalized spacial score (nSPS) is 13.9. The third-order valence-corrected chi connectivity index (χ3v) is 3.90. The maximum Gasteiger partial charge on any atom is 0.270 e. The first-order chi connectivity index (χ1) is 11.3. The Balaban J connectivity index is 1.67. The molecule has 2 heterocycles. The lowest BCUT2D eigenvalue weighted by Crippen LogP contribution is -2.26. The highest BCUT2D eigenvalue weighted by molar-refractivity contribution is 5.92. The van der Waals surface area contributed by atoms with Gasteiger partial charge in [0.2, 0.25) is 5.95 Å². The van der Waals surface area contributed by atoms with Crippen molar-refractivity contribution in [2.75, 3.05) is 25.1 Å². The van der Waals surface area contributed by atoms with E-state index in [4.69, 9.17) is 4.74 Å². The van der Waals surface area contributed by atoms with Crippen LogP contribution in [-0.2, 0) is 6.54 Å². The topological polar surface area (TPSA) is 67.3 Å². The van der Waals surface area contributed by atoms with Crippen molar-refractivity contribution in [3.05, 3.63) is 47.8 Å². The zero-order valence-corrected chi connectivity index (χ0v) is 13.2. The molecule has 0 atom stereocenters. The Morgan fingerprint density at radius 2 is 2.04 bits per heavy atom. The number of nitrogens with zero attached hydrogens (tertiary/aromatic N) is 3. The van der Waals surface area contributed by atoms with E-state index in [1.54, 1.807) is 19.4 Å². The average molecular weight is 312 g/mol. The summed E-state index contributed by atoms with van der Waals surface area (Å²) in [4.78, 5) is 23.1. The van der Waals surface area contributed by atoms with E-state index in [9.17, 15) is 4.79 Å². The molecule has 1 aliphatic rings. The molecule has 1 saturated heterocycles. The first kappa shape index (κ1) is 15.3. The van der Waals surface area contributed by atoms with Gasteiger partial charge in [-0.3, -0.25) is 4.79 Å². The van der Waals surface area contributed by atoms with Crippen molar-refractivity contribution < 1.29 is 9.53 Å². The summed E-state index contributed by atoms with van der Waals surface area (Å²) in [5, 5.41) is 2.88. The van der Waals surface area contributed by atoms with Gasteiger partial charge in [0.1, 0.15) is 11.4 Å². The van der Waals surface area contributed by atoms with Gasteiger partial charge in [-0.15, -0.1) is 0 Å². The van der Waals surface area contributed by atoms with Crippen LogP contribution in [-0.4, -0.2) is 36.1 Å². The summed E-state index contributed by atoms with van der Waals surface area (Å²) in [6.45, 7) is 2.30. The van der Waals surface area contributed by atoms with Crippen LogP contribution in [0.1, 0.15) is 28.9 Å². The molecule has 1 N–H and O–H groups in total. The van der Waals surface area contributed by atoms with Crippen LogP contribution in [0.15, 0.2) is 36.5 Å². The van der Waals surface area contributed by atoms with Crippen LogP contribution in [0.5, 0.6) is 5.75 Å². The highest BCUT2D eigenvalue weighted by Crippen LogP contribution is 2.17. The number of carbonyl (C=O) groups is 1. The fourth-order valence-corrected chi connectivity index (χ4v) is 2.66. The van der Waals surface area contributed by atoms with Crippen LogP contribution >= 0.6 is 0 Å². The van der Waals surface area contributed by atoms with Crippen molar-refractivity contribution >= 4 is 11.9 Å². The molecule has 0 radical (unpaired) electrons. The molecule has 6 heteroatoms. The number of amides is 1. The molecular weight excluding hydrogens is 292 g/mol. The third-order valence-electron chi connectivity index (χ3n) is 3.90. The summed E-state index contributed by atoms with van der Waals surface area (Å²) in [7, 11) is 1.62. The van der Waals surface area contributed by atoms with E-state index in [1.807, 2.05) is 24.3 Å². The van der Waals surface area contributed by atoms with Crippen molar-refractivity contribution in [1.29, 1.82) is 0 Å². The number of benzene rings is 1. The van der Waals surface area contributed by atoms with E-state index in [0.29, 0.717) is 18.2 Å². The second kappa shape index (κ2) is 7.09. The summed E-state index contributed by atoms with van der Waals surface area (Å²) < 4.78 is 5.29. The van der Waals surface area contributed by atoms with Gasteiger partial charge in [-0.1, -0.05) is 18.2 Å². The molecule has 6 nitrogen and oxygen atoms in total. The van der Waals surface area contributed by atoms with Crippen molar-refractivity contribution in [3.8, 4) is 5.75 Å². The maximum atomic E-state index is 12.3. The van der Waals surface area contributed by atoms with Crippen molar-refractivity contribution in [1.82, 2.24) is 15.3 Å². The summed E-state index contributed by atoms with van der Waals surface area (Å²) >= 11 is 0. The number of carbonyl (C=O) groups excluding carboxylic acids is 1. The minimum Gasteiger partial charge on any atom is -0.496 e. The molecule has 0 bridgehead atoms. The number of hydrogen-bond acceptors (Lipinski definition) is 5. The highest BCUT2D eigenvalue weighted by atomic mass is 16.5. The molecule has 3 rings (SSSR count). The molecular formula is C17H20N4O2. The van der Waals surface area contributed by atoms with Crippen LogP contribution in [0.25, 0.3) is 0 Å². The number of rotatable bonds is 5. The number of ether oxygens (including phenoxy) is 1. The van der Waals surface area contributed by atoms with Crippen LogP contribution < -0.4 is 15.0 Å². The number of para-hydroxylation sites is 1. The molecule has 1 aliphatic heterocycles. The van der Waals surface area contributed by atoms with Crippen LogP contribution in [0.3, 0.4) is 0 Å². The standard InChI is InChI=1S/C17H20N4O2/c1-23-15-7-3-2-6-13(15)12-19-16(22)14-8-9-18-17(20-14)21-10-4-5-11-21/h2-3,6-9H,4-5,10-12H2,1H3,(H,19,22). The van der Waals surface area contributed by atoms with Gasteiger partial charge in [-0.25, -0.2) is 9.97 Å². The fourth-order valence-electron chi connectivity index (χ4n) is 2.66. The molecule has 1 amide bonds. The van der Waals surface area contributed by atoms with Crippen molar-refractivity contribution in [2.45, 2.75) is 19.4 Å². The number of hydrogen-bond donors (Lipinski definition) is 1. The van der Waals surface area contributed by atoms with Gasteiger partial charge in [0.25, 0.3) is 5.91 Å². The molecule has 2 aromatic rings. The van der Waals surface area contributed by atoms with Gasteiger partial charge in [0.05, 0.1) is 7.11 Å². The lowest BCUT2D eigenvalue weighted by Gasteiger charge is -2.15. The van der Waals surface area contributed by atoms with E-state index in [0.717, 1.165) is 37.2 Å². The van der Waals surface area contributed by atoms with E-state index in [1.165, 1.54) is 0 Å². The molecule has 1 aromatic carbocycles. The quantitative estimate of drug-likeness (QED) is 0.915. The molecule has 0 unspecified atom stereocenters. The fraction of sp³-hybridized carbons (Fsp3) is 0.353. The first-order valence-corrected chi connectivity index (χ1v) is 7.76. The Hall–Kier alpha value is -2.63. The third kappa shape index (κ3) is 3.59. The summed E-state index contributed by atoms with van der Waals surface area (Å²) in [5.41, 5.74) is 1.31. The van der Waals surface area contributed by atoms with Gasteiger partial charge in [0, 0.05) is 31.4 Å². The SMILES string of the molecule is COc1ccccc1CNC(=O)c1ccnc(N2CCCC2)n1. The number of methoxy groups -OCH3 is 1. The second-order valence-electron chi connectivity index (χ2n) is 5.43. The monoisotopic (exact) mass is 312 g/mol. The Kier molecular flexibility index (Phi) is 4.71. The Morgan fingerprint density at radius 3 is 2.83 bits per heavy atom. The van der Waals surface area contributed by atoms with E-state index >= 15 is 0 Å². The van der Waals surface area contributed by atoms with Gasteiger partial charge in [0.15, 0.2) is 0 Å². The van der Waals surface area contributed by atoms with E-state index in [-0.39, 0.29) is 5.91 Å². The van der Waals surface area contributed by atoms with Crippen molar-refractivity contribution in [2.24, 2.45) is 0 Å². The number of anilines is 1. The first-order valence-electron chi connectivity index (χ1n) is 7.76. The maximum absolute atomic E-state index is 12.3. The molecule has 1 fully saturated rings. The zero-order valence-electron chi connectivity index (χ0n) is 13.2. The largest absolute Gasteiger partial charge is 0.496 e. The zero-order chi connectivity index (χ0) is 16.1. The molecule has 23 heavy (non-hydrogen) atoms. The van der Waals surface area contributed by atoms with Crippen LogP contribution in [0, 0.1) is 0 Å². The van der Waals surface area contributed by atoms with Crippen LogP contribution in [0.2, 0.25) is 0 Å². The molecule has 0 aliphatic carbocycles. The van der Waals surface area contributed by atoms with E-state index in [2.05, 4.69) is 20.2 Å². The Morgan fingerprint density at radius 1 is 1.26 bits per heavy atom. The number of nitrogens with one attached hydrogen (secondary N) is 1. The van der Waals surface area contributed by atoms with Gasteiger partial charge >= 0.3 is 0 Å². The van der Waals surface area contributed by atoms with Gasteiger partial charge in [-0.2, -0.15) is 0 Å². The summed E-state index contributed by atoms with van der Waals surface area (Å²) in [6, 6.07) is 9.25. The highest BCUT2D eigenvalue weighted by Gasteiger charge is 2.17. The minimum absolute atomic E-state index is 0.209. The van der Waals surface area contributed by atoms with E-state index < -0.39 is 0 Å². The molecule has 1 aromatic heterocycles. The predicted octanol–water partition coefficient (Wildman–Crippen LogP) is 2.02. The van der Waals surface area contributed by atoms with Gasteiger partial charge in [-0.05, 0) is 25.0 Å². The summed E-state index contributed by atoms with van der Waals surface area (Å²) in [6.07, 6.45) is 3.93. The number of aromatic nitrogens is 2. The van der Waals surface area contributed by atoms with Crippen LogP contribution in [0.4, 0.5) is 5.95 Å². The van der Waals surface area contributed by atoms with Crippen molar-refractivity contribution in [3.63, 3.8) is 0 Å². The Labute approximate surface area is 135 Å². The smallest absolute Gasteiger partial charge is 0.270 e. The minimum atomic E-state index is -0.209. The molecule has 0 saturated carbocycles. The van der Waals surface area contributed by atoms with Gasteiger partial charge < -0.3 is 15.0 Å². The lowest BCUT2D eigenvalue weighted by atomic mass is 10.2. The molecule has 120 valence electrons. The predicted molar refractivity (Wildman–Crippen MR) is 87.6 cm³/mol. The lowest BCUT2D eigenvalue weighted by molar-refractivity contribution is 0.0945. The average Bonchev–Trinajstić information content (AvgIpc) is 3.14. The molecule has 0 spiro atoms. The summed E-state index contributed by atoms with van der Waals surface area (Å²) in [5.74, 6) is 1.18. The second-order valence-corrected chi connectivity index (χ2v) is 5.43. The Bertz CT molecular complexity index is 684.